The van der Waals surface area contributed by atoms with Gasteiger partial charge in [0.15, 0.2) is 10.9 Å². The van der Waals surface area contributed by atoms with Crippen molar-refractivity contribution in [3.63, 3.8) is 0 Å². The molecule has 0 radical (unpaired) electrons. The van der Waals surface area contributed by atoms with Gasteiger partial charge in [0.1, 0.15) is 0 Å². The van der Waals surface area contributed by atoms with Crippen molar-refractivity contribution in [2.45, 2.75) is 77.4 Å². The molecular weight excluding hydrogens is 2030 g/mol. The monoisotopic (exact) mass is 2130 g/mol. The molecule has 3 aliphatic heterocycles. The second kappa shape index (κ2) is 42.4. The third-order valence-electron chi connectivity index (χ3n) is 19.9. The molecule has 10 aromatic carbocycles. The molecule has 0 spiro atoms. The number of para-hydroxylation sites is 4. The molecule has 590 valence electrons. The lowest BCUT2D eigenvalue weighted by Gasteiger charge is -2.51. The number of halogens is 1. The SMILES string of the molecule is CC1(C)c2ccccc2N(c2cccc(-c3ccc4sc5ccccc5c(=O)c4c3)c2)c2ccccc21.CC1(C)c2ccccc2N(c2cccc(B3OC(C)(C)C(C)(C)O3)c2)c2ccccc21.O=c1c2ccccc2sc2ccc(Br)cc12.PPP(P(P)P)P(P(P(P)P)P(P)P)P(P(P(P)P)P(P)P)P(P(P)P)P(P)P. The van der Waals surface area contributed by atoms with Crippen LogP contribution in [-0.4, -0.2) is 18.3 Å². The molecule has 6 nitrogen and oxygen atoms in total. The molecule has 2 aromatic heterocycles. The molecule has 12 aromatic rings. The Morgan fingerprint density at radius 3 is 1.11 bits per heavy atom. The summed E-state index contributed by atoms with van der Waals surface area (Å²) in [6.45, 7) is 17.8. The molecule has 18 atom stereocenters. The minimum absolute atomic E-state index is 0.0147. The van der Waals surface area contributed by atoms with Crippen molar-refractivity contribution in [1.82, 2.24) is 0 Å². The normalized spacial score (nSPS) is 15.9. The first-order valence-electron chi connectivity index (χ1n) is 35.0. The van der Waals surface area contributed by atoms with E-state index in [-0.39, 0.29) is 131 Å². The predicted molar refractivity (Wildman–Crippen MR) is 604 cm³/mol. The fourth-order valence-corrected chi connectivity index (χ4v) is 394. The van der Waals surface area contributed by atoms with Gasteiger partial charge in [-0.25, -0.2) is 0 Å². The van der Waals surface area contributed by atoms with Crippen molar-refractivity contribution < 1.29 is 9.31 Å². The standard InChI is InChI=1S/C34H25NOS.C27H30BNO2.C13H7BrOS.H31P29/c1-34(2)27-13-4-6-15-29(27)35(30-16-7-5-14-28(30)34)24-11-9-10-22(20-24)23-18-19-32-26(21-23)33(36)25-12-3-8-17-31(25)37-32;1-25(2)21-14-7-9-16-23(21)29(24-17-10-8-15-22(24)25)20-13-11-12-19(18-20)28-30-26(3,4)27(5,6)31-28;14-8-5-6-12-10(7-8)13(15)9-3-1-2-4-11(9)16-12;1-16-24(17(2)3)28(25(18(4)5)19(6)7)29(26(20(8)9)21(10)11)27(22(12)13)23(14)15/h3-21H,1-2H3;7-18H,1-6H3;1-7H;16H,1-15H2. The average molecular weight is 2130 g/mol. The highest BCUT2D eigenvalue weighted by atomic mass is 79.9. The van der Waals surface area contributed by atoms with E-state index in [0.717, 1.165) is 80.7 Å². The first-order valence-corrected chi connectivity index (χ1v) is 89.7. The van der Waals surface area contributed by atoms with Gasteiger partial charge in [0.05, 0.1) is 34.0 Å². The van der Waals surface area contributed by atoms with Gasteiger partial charge >= 0.3 is 7.12 Å². The lowest BCUT2D eigenvalue weighted by atomic mass is 9.73. The zero-order valence-electron chi connectivity index (χ0n) is 63.2. The Morgan fingerprint density at radius 1 is 0.354 bits per heavy atom. The van der Waals surface area contributed by atoms with E-state index < -0.39 is 0 Å². The summed E-state index contributed by atoms with van der Waals surface area (Å²) in [6, 6.07) is 79.8. The van der Waals surface area contributed by atoms with Crippen LogP contribution in [-0.2, 0) is 20.1 Å². The van der Waals surface area contributed by atoms with Gasteiger partial charge in [-0.1, -0.05) is 179 Å². The smallest absolute Gasteiger partial charge is 0.399 e. The molecule has 15 rings (SSSR count). The lowest BCUT2D eigenvalue weighted by Crippen LogP contribution is -2.41. The Labute approximate surface area is 735 Å². The van der Waals surface area contributed by atoms with Gasteiger partial charge < -0.3 is 19.1 Å². The molecule has 0 aliphatic carbocycles. The predicted octanol–water partition coefficient (Wildman–Crippen LogP) is 36.1. The topological polar surface area (TPSA) is 59.1 Å². The summed E-state index contributed by atoms with van der Waals surface area (Å²) in [5, 5.41) is 3.16. The third kappa shape index (κ3) is 21.7. The van der Waals surface area contributed by atoms with Crippen molar-refractivity contribution >= 4 is 358 Å². The van der Waals surface area contributed by atoms with E-state index in [1.54, 1.807) is 22.7 Å². The number of nitrogens with zero attached hydrogens (tertiary/aromatic N) is 2. The van der Waals surface area contributed by atoms with Gasteiger partial charge in [-0.2, -0.15) is 0 Å². The van der Waals surface area contributed by atoms with Crippen molar-refractivity contribution in [1.29, 1.82) is 0 Å². The van der Waals surface area contributed by atoms with Crippen molar-refractivity contribution in [3.05, 3.63) is 278 Å². The van der Waals surface area contributed by atoms with Gasteiger partial charge in [0.25, 0.3) is 0 Å². The van der Waals surface area contributed by atoms with E-state index in [9.17, 15) is 9.59 Å². The van der Waals surface area contributed by atoms with Crippen LogP contribution in [0.3, 0.4) is 0 Å². The molecule has 0 bridgehead atoms. The highest BCUT2D eigenvalue weighted by Gasteiger charge is 2.53. The fourth-order valence-electron chi connectivity index (χ4n) is 13.8. The largest absolute Gasteiger partial charge is 0.494 e. The maximum atomic E-state index is 13.3. The quantitative estimate of drug-likeness (QED) is 0.0514. The number of hydrogen-bond acceptors (Lipinski definition) is 8. The average Bonchev–Trinajstić information content (AvgIpc) is 0.967. The second-order valence-corrected chi connectivity index (χ2v) is 146. The summed E-state index contributed by atoms with van der Waals surface area (Å²) < 4.78 is 17.7. The van der Waals surface area contributed by atoms with Gasteiger partial charge in [-0.15, -0.1) is 157 Å². The fraction of sp³-hybridized carbons (Fsp3) is 0.162. The summed E-state index contributed by atoms with van der Waals surface area (Å²) in [7, 11) is 49.8. The second-order valence-electron chi connectivity index (χ2n) is 28.3. The lowest BCUT2D eigenvalue weighted by molar-refractivity contribution is 0.00578. The maximum Gasteiger partial charge on any atom is 0.494 e. The number of anilines is 6. The number of rotatable bonds is 17. The number of hydrogen-bond donors (Lipinski definition) is 0. The zero-order chi connectivity index (χ0) is 81.5. The van der Waals surface area contributed by atoms with Crippen LogP contribution >= 0.6 is 271 Å². The van der Waals surface area contributed by atoms with E-state index in [4.69, 9.17) is 9.31 Å². The molecule has 113 heavy (non-hydrogen) atoms. The van der Waals surface area contributed by atoms with Crippen molar-refractivity contribution in [3.8, 4) is 11.1 Å². The Hall–Kier alpha value is 4.51. The molecular formula is C74H93BBrN2O4P29S2. The molecule has 39 heteroatoms. The molecule has 0 saturated carbocycles. The van der Waals surface area contributed by atoms with Gasteiger partial charge in [0.2, 0.25) is 0 Å². The van der Waals surface area contributed by atoms with Crippen LogP contribution in [0.15, 0.2) is 245 Å². The Bertz CT molecular complexity index is 5400. The maximum absolute atomic E-state index is 13.3. The van der Waals surface area contributed by atoms with E-state index in [1.807, 2.05) is 66.7 Å². The minimum Gasteiger partial charge on any atom is -0.399 e. The molecule has 0 amide bonds. The first-order chi connectivity index (χ1) is 53.6. The zero-order valence-corrected chi connectivity index (χ0v) is 96.4. The van der Waals surface area contributed by atoms with Gasteiger partial charge in [-0.3, -0.25) is 9.59 Å². The summed E-state index contributed by atoms with van der Waals surface area (Å²) in [4.78, 5) is 30.3. The van der Waals surface area contributed by atoms with Crippen molar-refractivity contribution in [2.24, 2.45) is 0 Å². The van der Waals surface area contributed by atoms with Crippen LogP contribution in [0, 0.1) is 0 Å². The van der Waals surface area contributed by atoms with Crippen LogP contribution in [0.2, 0.25) is 0 Å². The van der Waals surface area contributed by atoms with E-state index in [1.165, 1.54) is 45.0 Å². The summed E-state index contributed by atoms with van der Waals surface area (Å²) in [5.74, 6) is 0. The van der Waals surface area contributed by atoms with Gasteiger partial charge in [0, 0.05) is 67.0 Å². The molecule has 0 N–H and O–H groups in total. The Morgan fingerprint density at radius 2 is 0.699 bits per heavy atom. The van der Waals surface area contributed by atoms with Crippen LogP contribution in [0.1, 0.15) is 77.6 Å². The summed E-state index contributed by atoms with van der Waals surface area (Å²) in [5.41, 5.74) is 14.9. The van der Waals surface area contributed by atoms with Crippen LogP contribution < -0.4 is 26.1 Å². The van der Waals surface area contributed by atoms with E-state index in [2.05, 4.69) is 379 Å². The molecule has 5 heterocycles. The molecule has 3 aliphatic rings. The van der Waals surface area contributed by atoms with Crippen molar-refractivity contribution in [2.75, 3.05) is 9.80 Å². The molecule has 1 fully saturated rings. The van der Waals surface area contributed by atoms with Crippen LogP contribution in [0.5, 0.6) is 0 Å². The number of fused-ring (bicyclic) bond motifs is 8. The van der Waals surface area contributed by atoms with E-state index in [0.29, 0.717) is 0 Å². The highest BCUT2D eigenvalue weighted by molar-refractivity contribution is 9.43. The number of benzene rings is 10. The molecule has 18 unspecified atom stereocenters. The van der Waals surface area contributed by atoms with Crippen LogP contribution in [0.25, 0.3) is 51.5 Å². The Balaban J connectivity index is 0.000000144. The third-order valence-corrected chi connectivity index (χ3v) is 213. The van der Waals surface area contributed by atoms with E-state index >= 15 is 0 Å². The highest BCUT2D eigenvalue weighted by Crippen LogP contribution is 3.37. The first kappa shape index (κ1) is 96.6. The summed E-state index contributed by atoms with van der Waals surface area (Å²) >= 11 is 6.72. The Kier molecular flexibility index (Phi) is 36.2. The van der Waals surface area contributed by atoms with Crippen LogP contribution in [0.4, 0.5) is 34.1 Å². The molecule has 1 saturated heterocycles. The minimum atomic E-state index is -0.378. The summed E-state index contributed by atoms with van der Waals surface area (Å²) in [6.07, 6.45) is 0. The van der Waals surface area contributed by atoms with Gasteiger partial charge in [-0.05, 0) is 261 Å².